The fraction of sp³-hybridized carbons (Fsp3) is 1.00. The lowest BCUT2D eigenvalue weighted by Gasteiger charge is -2.17. The zero-order valence-corrected chi connectivity index (χ0v) is 20.5. The van der Waals surface area contributed by atoms with Crippen LogP contribution in [0.5, 0.6) is 0 Å². The fourth-order valence-electron chi connectivity index (χ4n) is 4.05. The first-order valence-corrected chi connectivity index (χ1v) is 13.0. The highest BCUT2D eigenvalue weighted by molar-refractivity contribution is 4.55. The van der Waals surface area contributed by atoms with Crippen molar-refractivity contribution in [1.82, 2.24) is 9.80 Å². The first kappa shape index (κ1) is 27.9. The maximum Gasteiger partial charge on any atom is -0.000960 e. The highest BCUT2D eigenvalue weighted by Gasteiger charge is 1.99. The first-order valence-electron chi connectivity index (χ1n) is 13.0. The maximum absolute atomic E-state index is 2.51. The van der Waals surface area contributed by atoms with Crippen molar-refractivity contribution in [2.24, 2.45) is 0 Å². The van der Waals surface area contributed by atoms with E-state index >= 15 is 0 Å². The van der Waals surface area contributed by atoms with Gasteiger partial charge in [-0.25, -0.2) is 0 Å². The van der Waals surface area contributed by atoms with E-state index in [2.05, 4.69) is 37.9 Å². The molecule has 2 heteroatoms. The fourth-order valence-corrected chi connectivity index (χ4v) is 4.05. The Morgan fingerprint density at radius 2 is 0.679 bits per heavy atom. The summed E-state index contributed by atoms with van der Waals surface area (Å²) in [7, 11) is 6.61. The molecule has 0 bridgehead atoms. The van der Waals surface area contributed by atoms with Gasteiger partial charge in [-0.1, -0.05) is 116 Å². The molecule has 170 valence electrons. The van der Waals surface area contributed by atoms with E-state index in [0.717, 1.165) is 0 Å². The van der Waals surface area contributed by atoms with Gasteiger partial charge in [-0.3, -0.25) is 0 Å². The molecule has 0 amide bonds. The predicted octanol–water partition coefficient (Wildman–Crippen LogP) is 7.91. The molecular formula is C26H56N2. The Morgan fingerprint density at radius 3 is 1.04 bits per heavy atom. The van der Waals surface area contributed by atoms with Crippen LogP contribution < -0.4 is 0 Å². The van der Waals surface area contributed by atoms with Crippen molar-refractivity contribution in [3.8, 4) is 0 Å². The molecule has 0 radical (unpaired) electrons. The summed E-state index contributed by atoms with van der Waals surface area (Å²) in [6.45, 7) is 6.04. The second-order valence-corrected chi connectivity index (χ2v) is 9.47. The van der Waals surface area contributed by atoms with Crippen molar-refractivity contribution in [2.45, 2.75) is 129 Å². The Morgan fingerprint density at radius 1 is 0.357 bits per heavy atom. The van der Waals surface area contributed by atoms with Crippen LogP contribution in [0.4, 0.5) is 0 Å². The minimum Gasteiger partial charge on any atom is -0.309 e. The van der Waals surface area contributed by atoms with Gasteiger partial charge < -0.3 is 9.80 Å². The normalized spacial score (nSPS) is 11.8. The van der Waals surface area contributed by atoms with Crippen molar-refractivity contribution >= 4 is 0 Å². The van der Waals surface area contributed by atoms with Crippen molar-refractivity contribution in [3.05, 3.63) is 0 Å². The molecule has 0 aromatic carbocycles. The topological polar surface area (TPSA) is 6.48 Å². The smallest absolute Gasteiger partial charge is 0.000960 e. The maximum atomic E-state index is 2.51. The number of nitrogens with zero attached hydrogens (tertiary/aromatic N) is 2. The molecule has 0 aliphatic rings. The van der Waals surface area contributed by atoms with Gasteiger partial charge in [0.25, 0.3) is 0 Å². The van der Waals surface area contributed by atoms with Gasteiger partial charge in [0, 0.05) is 0 Å². The molecule has 0 aromatic heterocycles. The lowest BCUT2D eigenvalue weighted by molar-refractivity contribution is 0.294. The van der Waals surface area contributed by atoms with Crippen LogP contribution in [-0.4, -0.2) is 50.6 Å². The summed E-state index contributed by atoms with van der Waals surface area (Å²) in [5.74, 6) is 0. The molecule has 0 heterocycles. The Kier molecular flexibility index (Phi) is 23.1. The van der Waals surface area contributed by atoms with Crippen molar-refractivity contribution in [1.29, 1.82) is 0 Å². The molecule has 0 spiro atoms. The Bertz CT molecular complexity index is 278. The average molecular weight is 397 g/mol. The second-order valence-electron chi connectivity index (χ2n) is 9.47. The van der Waals surface area contributed by atoms with Gasteiger partial charge >= 0.3 is 0 Å². The molecule has 0 unspecified atom stereocenters. The molecule has 0 aliphatic heterocycles. The van der Waals surface area contributed by atoms with Gasteiger partial charge in [0.1, 0.15) is 0 Å². The van der Waals surface area contributed by atoms with Gasteiger partial charge in [0.05, 0.1) is 0 Å². The third-order valence-electron chi connectivity index (χ3n) is 6.04. The van der Waals surface area contributed by atoms with Crippen LogP contribution in [0.3, 0.4) is 0 Å². The van der Waals surface area contributed by atoms with E-state index in [4.69, 9.17) is 0 Å². The summed E-state index contributed by atoms with van der Waals surface area (Å²) in [5.41, 5.74) is 0. The van der Waals surface area contributed by atoms with Crippen LogP contribution >= 0.6 is 0 Å². The van der Waals surface area contributed by atoms with E-state index in [1.807, 2.05) is 0 Å². The summed E-state index contributed by atoms with van der Waals surface area (Å²) in [6, 6.07) is 0. The SMILES string of the molecule is CCCCCCCCCCCCCCCCCCCCN(C)CCCN(C)C. The molecule has 2 nitrogen and oxygen atoms in total. The predicted molar refractivity (Wildman–Crippen MR) is 129 cm³/mol. The number of hydrogen-bond acceptors (Lipinski definition) is 2. The third-order valence-corrected chi connectivity index (χ3v) is 6.04. The number of unbranched alkanes of at least 4 members (excludes halogenated alkanes) is 17. The number of hydrogen-bond donors (Lipinski definition) is 0. The summed E-state index contributed by atoms with van der Waals surface area (Å²) in [4.78, 5) is 4.79. The van der Waals surface area contributed by atoms with Crippen LogP contribution in [0, 0.1) is 0 Å². The van der Waals surface area contributed by atoms with E-state index in [-0.39, 0.29) is 0 Å². The van der Waals surface area contributed by atoms with Crippen LogP contribution in [0.2, 0.25) is 0 Å². The zero-order chi connectivity index (χ0) is 20.7. The molecule has 0 saturated heterocycles. The standard InChI is InChI=1S/C26H56N2/c1-5-6-7-8-9-10-11-12-13-14-15-16-17-18-19-20-21-22-25-28(4)26-23-24-27(2)3/h5-26H2,1-4H3. The molecule has 0 atom stereocenters. The Balaban J connectivity index is 3.08. The molecular weight excluding hydrogens is 340 g/mol. The molecule has 0 rings (SSSR count). The largest absolute Gasteiger partial charge is 0.309 e. The Hall–Kier alpha value is -0.0800. The summed E-state index contributed by atoms with van der Waals surface area (Å²) < 4.78 is 0. The monoisotopic (exact) mass is 396 g/mol. The van der Waals surface area contributed by atoms with Crippen molar-refractivity contribution in [3.63, 3.8) is 0 Å². The summed E-state index contributed by atoms with van der Waals surface area (Å²) in [5, 5.41) is 0. The molecule has 28 heavy (non-hydrogen) atoms. The van der Waals surface area contributed by atoms with Crippen LogP contribution in [0.15, 0.2) is 0 Å². The van der Waals surface area contributed by atoms with Gasteiger partial charge in [-0.2, -0.15) is 0 Å². The molecule has 0 aromatic rings. The van der Waals surface area contributed by atoms with Crippen LogP contribution in [0.25, 0.3) is 0 Å². The highest BCUT2D eigenvalue weighted by atomic mass is 15.1. The minimum atomic E-state index is 1.21. The molecule has 0 saturated carbocycles. The van der Waals surface area contributed by atoms with E-state index < -0.39 is 0 Å². The van der Waals surface area contributed by atoms with Crippen molar-refractivity contribution < 1.29 is 0 Å². The van der Waals surface area contributed by atoms with E-state index in [1.165, 1.54) is 142 Å². The van der Waals surface area contributed by atoms with Crippen LogP contribution in [-0.2, 0) is 0 Å². The third kappa shape index (κ3) is 24.0. The molecule has 0 aliphatic carbocycles. The molecule has 0 fully saturated rings. The molecule has 0 N–H and O–H groups in total. The lowest BCUT2D eigenvalue weighted by Crippen LogP contribution is -2.24. The zero-order valence-electron chi connectivity index (χ0n) is 20.5. The van der Waals surface area contributed by atoms with Crippen LogP contribution in [0.1, 0.15) is 129 Å². The van der Waals surface area contributed by atoms with E-state index in [9.17, 15) is 0 Å². The first-order chi connectivity index (χ1) is 13.7. The van der Waals surface area contributed by atoms with Gasteiger partial charge in [0.15, 0.2) is 0 Å². The van der Waals surface area contributed by atoms with Gasteiger partial charge in [-0.05, 0) is 53.6 Å². The summed E-state index contributed by atoms with van der Waals surface area (Å²) >= 11 is 0. The average Bonchev–Trinajstić information content (AvgIpc) is 2.66. The summed E-state index contributed by atoms with van der Waals surface area (Å²) in [6.07, 6.45) is 27.6. The van der Waals surface area contributed by atoms with E-state index in [0.29, 0.717) is 0 Å². The Labute approximate surface area is 179 Å². The number of rotatable bonds is 23. The van der Waals surface area contributed by atoms with E-state index in [1.54, 1.807) is 0 Å². The highest BCUT2D eigenvalue weighted by Crippen LogP contribution is 2.14. The van der Waals surface area contributed by atoms with Gasteiger partial charge in [-0.15, -0.1) is 0 Å². The van der Waals surface area contributed by atoms with Crippen molar-refractivity contribution in [2.75, 3.05) is 40.8 Å². The second kappa shape index (κ2) is 23.2. The quantitative estimate of drug-likeness (QED) is 0.162. The lowest BCUT2D eigenvalue weighted by atomic mass is 10.0. The minimum absolute atomic E-state index is 1.21. The van der Waals surface area contributed by atoms with Gasteiger partial charge in [0.2, 0.25) is 0 Å².